The molecule has 7 nitrogen and oxygen atoms in total. The van der Waals surface area contributed by atoms with E-state index in [1.165, 1.54) is 16.8 Å². The van der Waals surface area contributed by atoms with Crippen LogP contribution in [0.5, 0.6) is 11.5 Å². The zero-order valence-corrected chi connectivity index (χ0v) is 18.6. The summed E-state index contributed by atoms with van der Waals surface area (Å²) < 4.78 is 12.6. The molecule has 1 saturated heterocycles. The van der Waals surface area contributed by atoms with Gasteiger partial charge in [-0.05, 0) is 43.3 Å². The van der Waals surface area contributed by atoms with Gasteiger partial charge in [0.25, 0.3) is 0 Å². The molecule has 0 atom stereocenters. The highest BCUT2D eigenvalue weighted by molar-refractivity contribution is 7.80. The number of nitrogens with zero attached hydrogens (tertiary/aromatic N) is 4. The topological polar surface area (TPSA) is 54.8 Å². The van der Waals surface area contributed by atoms with Crippen molar-refractivity contribution in [3.63, 3.8) is 0 Å². The highest BCUT2D eigenvalue weighted by atomic mass is 32.1. The van der Waals surface area contributed by atoms with Crippen molar-refractivity contribution in [1.29, 1.82) is 0 Å². The van der Waals surface area contributed by atoms with Gasteiger partial charge < -0.3 is 19.7 Å². The number of aryl methyl sites for hydroxylation is 1. The second kappa shape index (κ2) is 9.93. The van der Waals surface area contributed by atoms with Crippen molar-refractivity contribution in [2.75, 3.05) is 46.9 Å². The number of aromatic nitrogens is 2. The van der Waals surface area contributed by atoms with E-state index in [0.717, 1.165) is 62.3 Å². The van der Waals surface area contributed by atoms with E-state index >= 15 is 0 Å². The Bertz CT molecular complexity index is 830. The first kappa shape index (κ1) is 21.4. The molecule has 2 aromatic rings. The minimum atomic E-state index is 0.749. The van der Waals surface area contributed by atoms with Crippen LogP contribution in [0.15, 0.2) is 24.4 Å². The molecular formula is C21H31N5O2S. The van der Waals surface area contributed by atoms with Crippen molar-refractivity contribution >= 4 is 17.3 Å². The van der Waals surface area contributed by atoms with Gasteiger partial charge in [0.2, 0.25) is 0 Å². The number of hydrogen-bond donors (Lipinski definition) is 1. The maximum atomic E-state index is 5.61. The Kier molecular flexibility index (Phi) is 7.33. The van der Waals surface area contributed by atoms with Gasteiger partial charge in [0.15, 0.2) is 16.6 Å². The molecule has 158 valence electrons. The quantitative estimate of drug-likeness (QED) is 0.692. The van der Waals surface area contributed by atoms with Crippen LogP contribution in [0.4, 0.5) is 0 Å². The molecule has 1 aromatic carbocycles. The van der Waals surface area contributed by atoms with Gasteiger partial charge >= 0.3 is 0 Å². The molecule has 3 rings (SSSR count). The van der Waals surface area contributed by atoms with E-state index in [-0.39, 0.29) is 0 Å². The van der Waals surface area contributed by atoms with Gasteiger partial charge in [0, 0.05) is 57.6 Å². The third kappa shape index (κ3) is 5.39. The second-order valence-electron chi connectivity index (χ2n) is 7.31. The molecule has 1 aliphatic rings. The predicted molar refractivity (Wildman–Crippen MR) is 119 cm³/mol. The number of methoxy groups -OCH3 is 2. The summed E-state index contributed by atoms with van der Waals surface area (Å²) in [6, 6.07) is 6.02. The lowest BCUT2D eigenvalue weighted by Gasteiger charge is -2.36. The fourth-order valence-electron chi connectivity index (χ4n) is 3.51. The van der Waals surface area contributed by atoms with Crippen molar-refractivity contribution < 1.29 is 9.47 Å². The lowest BCUT2D eigenvalue weighted by Crippen LogP contribution is -2.51. The summed E-state index contributed by atoms with van der Waals surface area (Å²) in [5, 5.41) is 8.57. The number of rotatable bonds is 7. The molecule has 1 aromatic heterocycles. The summed E-state index contributed by atoms with van der Waals surface area (Å²) >= 11 is 5.61. The largest absolute Gasteiger partial charge is 0.493 e. The smallest absolute Gasteiger partial charge is 0.169 e. The highest BCUT2D eigenvalue weighted by Crippen LogP contribution is 2.27. The van der Waals surface area contributed by atoms with Crippen LogP contribution in [0.3, 0.4) is 0 Å². The maximum absolute atomic E-state index is 5.61. The standard InChI is InChI=1S/C21H31N5O2S/c1-16-18(14-23-24(16)2)15-25-9-11-26(12-10-25)21(29)22-8-7-17-5-6-19(27-3)20(13-17)28-4/h5-6,13-14H,7-12,15H2,1-4H3,(H,22,29). The van der Waals surface area contributed by atoms with Gasteiger partial charge in [-0.25, -0.2) is 0 Å². The average molecular weight is 418 g/mol. The molecule has 0 bridgehead atoms. The van der Waals surface area contributed by atoms with Crippen molar-refractivity contribution in [3.8, 4) is 11.5 Å². The Morgan fingerprint density at radius 3 is 2.48 bits per heavy atom. The molecule has 8 heteroatoms. The van der Waals surface area contributed by atoms with Crippen molar-refractivity contribution in [2.45, 2.75) is 19.9 Å². The summed E-state index contributed by atoms with van der Waals surface area (Å²) in [4.78, 5) is 4.73. The molecule has 0 saturated carbocycles. The fraction of sp³-hybridized carbons (Fsp3) is 0.524. The van der Waals surface area contributed by atoms with Crippen LogP contribution in [0.1, 0.15) is 16.8 Å². The van der Waals surface area contributed by atoms with Gasteiger partial charge in [-0.3, -0.25) is 9.58 Å². The molecule has 1 aliphatic heterocycles. The summed E-state index contributed by atoms with van der Waals surface area (Å²) in [6.45, 7) is 7.77. The summed E-state index contributed by atoms with van der Waals surface area (Å²) in [5.41, 5.74) is 3.73. The number of benzene rings is 1. The molecule has 0 aliphatic carbocycles. The zero-order chi connectivity index (χ0) is 20.8. The Morgan fingerprint density at radius 1 is 1.14 bits per heavy atom. The number of hydrogen-bond acceptors (Lipinski definition) is 5. The van der Waals surface area contributed by atoms with Crippen LogP contribution in [0.2, 0.25) is 0 Å². The first-order valence-electron chi connectivity index (χ1n) is 9.95. The summed E-state index contributed by atoms with van der Waals surface area (Å²) in [5.74, 6) is 1.51. The Hall–Kier alpha value is -2.32. The average Bonchev–Trinajstić information content (AvgIpc) is 3.06. The third-order valence-corrected chi connectivity index (χ3v) is 5.93. The Morgan fingerprint density at radius 2 is 1.86 bits per heavy atom. The molecule has 0 unspecified atom stereocenters. The lowest BCUT2D eigenvalue weighted by molar-refractivity contribution is 0.174. The van der Waals surface area contributed by atoms with Crippen LogP contribution in [0, 0.1) is 6.92 Å². The molecule has 29 heavy (non-hydrogen) atoms. The maximum Gasteiger partial charge on any atom is 0.169 e. The Labute approximate surface area is 178 Å². The van der Waals surface area contributed by atoms with E-state index in [0.29, 0.717) is 0 Å². The summed E-state index contributed by atoms with van der Waals surface area (Å²) in [6.07, 6.45) is 2.85. The Balaban J connectivity index is 1.41. The van der Waals surface area contributed by atoms with Crippen LogP contribution in [-0.2, 0) is 20.0 Å². The van der Waals surface area contributed by atoms with Crippen LogP contribution in [0.25, 0.3) is 0 Å². The fourth-order valence-corrected chi connectivity index (χ4v) is 3.80. The zero-order valence-electron chi connectivity index (χ0n) is 17.8. The van der Waals surface area contributed by atoms with E-state index in [1.54, 1.807) is 14.2 Å². The molecule has 0 amide bonds. The van der Waals surface area contributed by atoms with Gasteiger partial charge in [-0.2, -0.15) is 5.10 Å². The second-order valence-corrected chi connectivity index (χ2v) is 7.70. The van der Waals surface area contributed by atoms with Crippen molar-refractivity contribution in [3.05, 3.63) is 41.2 Å². The summed E-state index contributed by atoms with van der Waals surface area (Å²) in [7, 11) is 5.29. The first-order valence-corrected chi connectivity index (χ1v) is 10.4. The van der Waals surface area contributed by atoms with E-state index in [2.05, 4.69) is 33.2 Å². The monoisotopic (exact) mass is 417 g/mol. The number of piperazine rings is 1. The van der Waals surface area contributed by atoms with Gasteiger partial charge in [-0.15, -0.1) is 0 Å². The van der Waals surface area contributed by atoms with Crippen LogP contribution < -0.4 is 14.8 Å². The first-order chi connectivity index (χ1) is 14.0. The molecule has 2 heterocycles. The minimum Gasteiger partial charge on any atom is -0.493 e. The number of thiocarbonyl (C=S) groups is 1. The number of ether oxygens (including phenoxy) is 2. The van der Waals surface area contributed by atoms with Gasteiger partial charge in [-0.1, -0.05) is 6.07 Å². The van der Waals surface area contributed by atoms with Crippen LogP contribution in [-0.4, -0.2) is 71.6 Å². The van der Waals surface area contributed by atoms with E-state index in [4.69, 9.17) is 21.7 Å². The van der Waals surface area contributed by atoms with E-state index < -0.39 is 0 Å². The minimum absolute atomic E-state index is 0.749. The molecule has 1 fully saturated rings. The van der Waals surface area contributed by atoms with E-state index in [1.807, 2.05) is 30.1 Å². The molecular weight excluding hydrogens is 386 g/mol. The highest BCUT2D eigenvalue weighted by Gasteiger charge is 2.20. The molecule has 1 N–H and O–H groups in total. The predicted octanol–water partition coefficient (Wildman–Crippen LogP) is 1.98. The third-order valence-electron chi connectivity index (χ3n) is 5.53. The molecule has 0 radical (unpaired) electrons. The number of nitrogens with one attached hydrogen (secondary N) is 1. The normalized spacial score (nSPS) is 14.7. The molecule has 0 spiro atoms. The van der Waals surface area contributed by atoms with Gasteiger partial charge in [0.1, 0.15) is 0 Å². The van der Waals surface area contributed by atoms with Crippen molar-refractivity contribution in [1.82, 2.24) is 24.9 Å². The van der Waals surface area contributed by atoms with E-state index in [9.17, 15) is 0 Å². The lowest BCUT2D eigenvalue weighted by atomic mass is 10.1. The SMILES string of the molecule is COc1ccc(CCNC(=S)N2CCN(Cc3cnn(C)c3C)CC2)cc1OC. The van der Waals surface area contributed by atoms with Gasteiger partial charge in [0.05, 0.1) is 20.4 Å². The van der Waals surface area contributed by atoms with Crippen LogP contribution >= 0.6 is 12.2 Å². The van der Waals surface area contributed by atoms with Crippen molar-refractivity contribution in [2.24, 2.45) is 7.05 Å².